The van der Waals surface area contributed by atoms with Gasteiger partial charge in [-0.25, -0.2) is 17.2 Å². The highest BCUT2D eigenvalue weighted by Gasteiger charge is 2.51. The fraction of sp³-hybridized carbons (Fsp3) is 0.929. The van der Waals surface area contributed by atoms with Crippen LogP contribution in [0.4, 0.5) is 8.78 Å². The second-order valence-electron chi connectivity index (χ2n) is 6.82. The van der Waals surface area contributed by atoms with Crippen molar-refractivity contribution in [2.75, 3.05) is 25.4 Å². The summed E-state index contributed by atoms with van der Waals surface area (Å²) < 4.78 is 50.6. The fourth-order valence-corrected chi connectivity index (χ4v) is 6.09. The van der Waals surface area contributed by atoms with Crippen LogP contribution in [-0.2, 0) is 14.6 Å². The molecule has 1 spiro atoms. The van der Waals surface area contributed by atoms with Crippen LogP contribution in [0, 0.1) is 0 Å². The molecule has 1 amide bonds. The molecule has 1 atom stereocenters. The van der Waals surface area contributed by atoms with Crippen LogP contribution in [-0.4, -0.2) is 61.3 Å². The molecule has 3 fully saturated rings. The van der Waals surface area contributed by atoms with Gasteiger partial charge in [0.2, 0.25) is 5.91 Å². The average Bonchev–Trinajstić information content (AvgIpc) is 2.83. The molecule has 2 saturated heterocycles. The number of sulfone groups is 1. The van der Waals surface area contributed by atoms with Gasteiger partial charge >= 0.3 is 0 Å². The summed E-state index contributed by atoms with van der Waals surface area (Å²) in [6.45, 7) is -0.203. The summed E-state index contributed by atoms with van der Waals surface area (Å²) in [6, 6.07) is -0.892. The normalized spacial score (nSPS) is 33.0. The summed E-state index contributed by atoms with van der Waals surface area (Å²) in [4.78, 5) is 14.0. The van der Waals surface area contributed by atoms with Gasteiger partial charge in [0.25, 0.3) is 5.92 Å². The molecule has 1 N–H and O–H groups in total. The zero-order valence-electron chi connectivity index (χ0n) is 12.5. The standard InChI is InChI=1S/C14H22F2N2O3S/c15-14(16)8-11(17-9-14)12(19)18-6-7-22(20,21)13(10-18)4-2-1-3-5-13/h11,17H,1-10H2. The van der Waals surface area contributed by atoms with Crippen LogP contribution < -0.4 is 5.32 Å². The van der Waals surface area contributed by atoms with Crippen LogP contribution in [0.2, 0.25) is 0 Å². The van der Waals surface area contributed by atoms with Gasteiger partial charge in [-0.05, 0) is 12.8 Å². The van der Waals surface area contributed by atoms with Crippen molar-refractivity contribution in [2.45, 2.75) is 55.2 Å². The number of hydrogen-bond donors (Lipinski definition) is 1. The third kappa shape index (κ3) is 2.75. The Hall–Kier alpha value is -0.760. The van der Waals surface area contributed by atoms with E-state index in [1.807, 2.05) is 0 Å². The van der Waals surface area contributed by atoms with Crippen molar-refractivity contribution in [1.82, 2.24) is 10.2 Å². The monoisotopic (exact) mass is 336 g/mol. The Labute approximate surface area is 129 Å². The van der Waals surface area contributed by atoms with E-state index in [1.165, 1.54) is 4.90 Å². The predicted octanol–water partition coefficient (Wildman–Crippen LogP) is 0.943. The number of alkyl halides is 2. The van der Waals surface area contributed by atoms with Gasteiger partial charge in [-0.15, -0.1) is 0 Å². The van der Waals surface area contributed by atoms with E-state index in [-0.39, 0.29) is 24.7 Å². The molecule has 0 aromatic carbocycles. The Morgan fingerprint density at radius 2 is 1.86 bits per heavy atom. The van der Waals surface area contributed by atoms with Crippen LogP contribution in [0.5, 0.6) is 0 Å². The van der Waals surface area contributed by atoms with E-state index < -0.39 is 39.5 Å². The van der Waals surface area contributed by atoms with Crippen molar-refractivity contribution >= 4 is 15.7 Å². The van der Waals surface area contributed by atoms with E-state index in [4.69, 9.17) is 0 Å². The molecule has 0 aromatic heterocycles. The van der Waals surface area contributed by atoms with Gasteiger partial charge in [0.1, 0.15) is 0 Å². The second-order valence-corrected chi connectivity index (χ2v) is 9.32. The Kier molecular flexibility index (Phi) is 3.96. The topological polar surface area (TPSA) is 66.5 Å². The predicted molar refractivity (Wildman–Crippen MR) is 77.5 cm³/mol. The first-order valence-corrected chi connectivity index (χ1v) is 9.52. The molecule has 8 heteroatoms. The van der Waals surface area contributed by atoms with Gasteiger partial charge < -0.3 is 4.90 Å². The molecule has 1 saturated carbocycles. The number of hydrogen-bond acceptors (Lipinski definition) is 4. The van der Waals surface area contributed by atoms with E-state index in [2.05, 4.69) is 5.32 Å². The molecule has 1 aliphatic carbocycles. The molecular formula is C14H22F2N2O3S. The minimum Gasteiger partial charge on any atom is -0.339 e. The van der Waals surface area contributed by atoms with Crippen molar-refractivity contribution < 1.29 is 22.0 Å². The molecule has 22 heavy (non-hydrogen) atoms. The third-order valence-electron chi connectivity index (χ3n) is 5.25. The van der Waals surface area contributed by atoms with Gasteiger partial charge in [0.05, 0.1) is 23.1 Å². The number of rotatable bonds is 1. The second kappa shape index (κ2) is 5.40. The Morgan fingerprint density at radius 1 is 1.18 bits per heavy atom. The number of nitrogens with zero attached hydrogens (tertiary/aromatic N) is 1. The molecule has 0 aromatic rings. The summed E-state index contributed by atoms with van der Waals surface area (Å²) >= 11 is 0. The highest BCUT2D eigenvalue weighted by Crippen LogP contribution is 2.39. The lowest BCUT2D eigenvalue weighted by Gasteiger charge is -2.44. The van der Waals surface area contributed by atoms with Gasteiger partial charge in [-0.3, -0.25) is 10.1 Å². The van der Waals surface area contributed by atoms with Crippen molar-refractivity contribution in [1.29, 1.82) is 0 Å². The first-order valence-electron chi connectivity index (χ1n) is 7.87. The quantitative estimate of drug-likeness (QED) is 0.774. The zero-order valence-corrected chi connectivity index (χ0v) is 13.3. The highest BCUT2D eigenvalue weighted by molar-refractivity contribution is 7.92. The van der Waals surface area contributed by atoms with E-state index in [1.54, 1.807) is 0 Å². The highest BCUT2D eigenvalue weighted by atomic mass is 32.2. The zero-order chi connectivity index (χ0) is 16.0. The largest absolute Gasteiger partial charge is 0.339 e. The molecule has 0 radical (unpaired) electrons. The number of amides is 1. The summed E-state index contributed by atoms with van der Waals surface area (Å²) in [5.74, 6) is -3.29. The van der Waals surface area contributed by atoms with Gasteiger partial charge in [-0.2, -0.15) is 0 Å². The first-order chi connectivity index (χ1) is 10.2. The van der Waals surface area contributed by atoms with Crippen LogP contribution in [0.3, 0.4) is 0 Å². The minimum atomic E-state index is -3.22. The van der Waals surface area contributed by atoms with E-state index in [0.717, 1.165) is 19.3 Å². The molecule has 2 heterocycles. The van der Waals surface area contributed by atoms with Crippen molar-refractivity contribution in [2.24, 2.45) is 0 Å². The van der Waals surface area contributed by atoms with Crippen LogP contribution in [0.25, 0.3) is 0 Å². The SMILES string of the molecule is O=C(C1CC(F)(F)CN1)N1CCS(=O)(=O)C2(CCCCC2)C1. The summed E-state index contributed by atoms with van der Waals surface area (Å²) in [6.07, 6.45) is 3.37. The Balaban J connectivity index is 1.75. The molecule has 0 bridgehead atoms. The Bertz CT molecular complexity index is 558. The third-order valence-corrected chi connectivity index (χ3v) is 7.83. The fourth-order valence-electron chi connectivity index (χ4n) is 3.94. The molecule has 5 nitrogen and oxygen atoms in total. The lowest BCUT2D eigenvalue weighted by molar-refractivity contribution is -0.134. The summed E-state index contributed by atoms with van der Waals surface area (Å²) in [5, 5.41) is 2.57. The molecule has 3 rings (SSSR count). The lowest BCUT2D eigenvalue weighted by Crippen LogP contribution is -2.60. The Morgan fingerprint density at radius 3 is 2.45 bits per heavy atom. The smallest absolute Gasteiger partial charge is 0.262 e. The number of halogens is 2. The maximum atomic E-state index is 13.3. The van der Waals surface area contributed by atoms with Gasteiger partial charge in [0.15, 0.2) is 9.84 Å². The number of nitrogens with one attached hydrogen (secondary N) is 1. The van der Waals surface area contributed by atoms with Crippen molar-refractivity contribution in [3.8, 4) is 0 Å². The van der Waals surface area contributed by atoms with Gasteiger partial charge in [0, 0.05) is 19.5 Å². The van der Waals surface area contributed by atoms with E-state index in [0.29, 0.717) is 12.8 Å². The molecule has 3 aliphatic rings. The molecule has 1 unspecified atom stereocenters. The minimum absolute atomic E-state index is 0.0537. The van der Waals surface area contributed by atoms with Crippen LogP contribution >= 0.6 is 0 Å². The van der Waals surface area contributed by atoms with E-state index in [9.17, 15) is 22.0 Å². The maximum absolute atomic E-state index is 13.3. The number of carbonyl (C=O) groups excluding carboxylic acids is 1. The van der Waals surface area contributed by atoms with Crippen LogP contribution in [0.15, 0.2) is 0 Å². The summed E-state index contributed by atoms with van der Waals surface area (Å²) in [5.41, 5.74) is 0. The maximum Gasteiger partial charge on any atom is 0.262 e. The van der Waals surface area contributed by atoms with Gasteiger partial charge in [-0.1, -0.05) is 19.3 Å². The molecule has 126 valence electrons. The van der Waals surface area contributed by atoms with Crippen LogP contribution in [0.1, 0.15) is 38.5 Å². The summed E-state index contributed by atoms with van der Waals surface area (Å²) in [7, 11) is -3.22. The van der Waals surface area contributed by atoms with Crippen molar-refractivity contribution in [3.63, 3.8) is 0 Å². The lowest BCUT2D eigenvalue weighted by atomic mass is 9.87. The van der Waals surface area contributed by atoms with Crippen molar-refractivity contribution in [3.05, 3.63) is 0 Å². The average molecular weight is 336 g/mol. The van der Waals surface area contributed by atoms with E-state index >= 15 is 0 Å². The molecule has 2 aliphatic heterocycles. The molecular weight excluding hydrogens is 314 g/mol. The first kappa shape index (κ1) is 16.1. The number of carbonyl (C=O) groups is 1.